The molecule has 6 heteroatoms. The lowest BCUT2D eigenvalue weighted by molar-refractivity contribution is -0.141. The molecule has 1 heterocycles. The van der Waals surface area contributed by atoms with Gasteiger partial charge in [-0.05, 0) is 19.2 Å². The van der Waals surface area contributed by atoms with E-state index in [0.29, 0.717) is 24.8 Å². The van der Waals surface area contributed by atoms with Crippen LogP contribution in [-0.2, 0) is 11.3 Å². The monoisotopic (exact) mass is 275 g/mol. The van der Waals surface area contributed by atoms with Gasteiger partial charge in [-0.1, -0.05) is 30.3 Å². The quantitative estimate of drug-likeness (QED) is 0.867. The summed E-state index contributed by atoms with van der Waals surface area (Å²) < 4.78 is 5.20. The molecule has 106 valence electrons. The van der Waals surface area contributed by atoms with E-state index in [4.69, 9.17) is 9.63 Å². The average molecular weight is 275 g/mol. The van der Waals surface area contributed by atoms with Crippen molar-refractivity contribution in [2.75, 3.05) is 13.6 Å². The number of aromatic nitrogens is 2. The number of carboxylic acid groups (broad SMARTS) is 1. The van der Waals surface area contributed by atoms with Gasteiger partial charge < -0.3 is 9.63 Å². The third-order valence-corrected chi connectivity index (χ3v) is 2.91. The van der Waals surface area contributed by atoms with E-state index in [1.54, 1.807) is 6.92 Å². The highest BCUT2D eigenvalue weighted by Gasteiger charge is 2.16. The molecule has 1 aromatic carbocycles. The second-order valence-electron chi connectivity index (χ2n) is 4.82. The van der Waals surface area contributed by atoms with E-state index in [1.807, 2.05) is 42.3 Å². The zero-order valence-corrected chi connectivity index (χ0v) is 11.5. The normalized spacial score (nSPS) is 12.6. The highest BCUT2D eigenvalue weighted by atomic mass is 16.5. The van der Waals surface area contributed by atoms with E-state index in [1.165, 1.54) is 0 Å². The first-order valence-corrected chi connectivity index (χ1v) is 6.35. The van der Waals surface area contributed by atoms with Gasteiger partial charge in [0, 0.05) is 12.1 Å². The van der Waals surface area contributed by atoms with Gasteiger partial charge in [-0.15, -0.1) is 0 Å². The molecule has 0 aliphatic rings. The lowest BCUT2D eigenvalue weighted by Gasteiger charge is -2.16. The van der Waals surface area contributed by atoms with Crippen LogP contribution in [0.1, 0.15) is 12.7 Å². The summed E-state index contributed by atoms with van der Waals surface area (Å²) in [7, 11) is 1.83. The van der Waals surface area contributed by atoms with Crippen LogP contribution in [0, 0.1) is 5.92 Å². The largest absolute Gasteiger partial charge is 0.481 e. The van der Waals surface area contributed by atoms with Crippen LogP contribution in [0.5, 0.6) is 0 Å². The Morgan fingerprint density at radius 2 is 2.10 bits per heavy atom. The first kappa shape index (κ1) is 14.2. The Kier molecular flexibility index (Phi) is 4.47. The SMILES string of the molecule is CC(CN(C)Cc1noc(-c2ccccc2)n1)C(=O)O. The Morgan fingerprint density at radius 3 is 2.75 bits per heavy atom. The van der Waals surface area contributed by atoms with E-state index in [0.717, 1.165) is 5.56 Å². The summed E-state index contributed by atoms with van der Waals surface area (Å²) in [4.78, 5) is 17.0. The van der Waals surface area contributed by atoms with Crippen LogP contribution in [0.25, 0.3) is 11.5 Å². The van der Waals surface area contributed by atoms with Crippen molar-refractivity contribution in [3.63, 3.8) is 0 Å². The first-order valence-electron chi connectivity index (χ1n) is 6.35. The summed E-state index contributed by atoms with van der Waals surface area (Å²) >= 11 is 0. The molecule has 0 radical (unpaired) electrons. The number of nitrogens with zero attached hydrogens (tertiary/aromatic N) is 3. The number of benzene rings is 1. The van der Waals surface area contributed by atoms with E-state index in [-0.39, 0.29) is 0 Å². The van der Waals surface area contributed by atoms with Crippen LogP contribution in [0.2, 0.25) is 0 Å². The molecule has 1 unspecified atom stereocenters. The molecule has 2 rings (SSSR count). The minimum Gasteiger partial charge on any atom is -0.481 e. The molecule has 0 amide bonds. The maximum absolute atomic E-state index is 10.8. The number of carboxylic acids is 1. The molecule has 6 nitrogen and oxygen atoms in total. The van der Waals surface area contributed by atoms with Crippen LogP contribution < -0.4 is 0 Å². The zero-order chi connectivity index (χ0) is 14.5. The van der Waals surface area contributed by atoms with Crippen LogP contribution in [0.4, 0.5) is 0 Å². The third kappa shape index (κ3) is 3.64. The molecular formula is C14H17N3O3. The zero-order valence-electron chi connectivity index (χ0n) is 11.5. The van der Waals surface area contributed by atoms with Gasteiger partial charge >= 0.3 is 5.97 Å². The summed E-state index contributed by atoms with van der Waals surface area (Å²) in [6.07, 6.45) is 0. The van der Waals surface area contributed by atoms with E-state index >= 15 is 0 Å². The van der Waals surface area contributed by atoms with Crippen molar-refractivity contribution in [1.82, 2.24) is 15.0 Å². The van der Waals surface area contributed by atoms with Crippen molar-refractivity contribution in [1.29, 1.82) is 0 Å². The number of carbonyl (C=O) groups is 1. The van der Waals surface area contributed by atoms with Gasteiger partial charge in [0.05, 0.1) is 12.5 Å². The topological polar surface area (TPSA) is 79.5 Å². The molecule has 0 spiro atoms. The molecular weight excluding hydrogens is 258 g/mol. The van der Waals surface area contributed by atoms with Crippen molar-refractivity contribution in [2.24, 2.45) is 5.92 Å². The highest BCUT2D eigenvalue weighted by Crippen LogP contribution is 2.16. The molecule has 0 aliphatic heterocycles. The van der Waals surface area contributed by atoms with E-state index in [9.17, 15) is 4.79 Å². The molecule has 0 aliphatic carbocycles. The van der Waals surface area contributed by atoms with Crippen molar-refractivity contribution < 1.29 is 14.4 Å². The van der Waals surface area contributed by atoms with Crippen molar-refractivity contribution in [3.05, 3.63) is 36.2 Å². The predicted molar refractivity (Wildman–Crippen MR) is 72.9 cm³/mol. The van der Waals surface area contributed by atoms with Gasteiger partial charge in [0.1, 0.15) is 0 Å². The maximum atomic E-state index is 10.8. The van der Waals surface area contributed by atoms with Crippen molar-refractivity contribution in [2.45, 2.75) is 13.5 Å². The Morgan fingerprint density at radius 1 is 1.40 bits per heavy atom. The fourth-order valence-corrected chi connectivity index (χ4v) is 1.87. The van der Waals surface area contributed by atoms with Crippen LogP contribution >= 0.6 is 0 Å². The summed E-state index contributed by atoms with van der Waals surface area (Å²) in [6.45, 7) is 2.56. The number of hydrogen-bond donors (Lipinski definition) is 1. The fraction of sp³-hybridized carbons (Fsp3) is 0.357. The minimum absolute atomic E-state index is 0.430. The van der Waals surface area contributed by atoms with E-state index < -0.39 is 11.9 Å². The minimum atomic E-state index is -0.810. The third-order valence-electron chi connectivity index (χ3n) is 2.91. The summed E-state index contributed by atoms with van der Waals surface area (Å²) in [5.74, 6) is -0.223. The second-order valence-corrected chi connectivity index (χ2v) is 4.82. The van der Waals surface area contributed by atoms with Gasteiger partial charge in [0.2, 0.25) is 0 Å². The Labute approximate surface area is 117 Å². The van der Waals surface area contributed by atoms with Gasteiger partial charge in [0.25, 0.3) is 5.89 Å². The molecule has 1 N–H and O–H groups in total. The fourth-order valence-electron chi connectivity index (χ4n) is 1.87. The smallest absolute Gasteiger partial charge is 0.307 e. The molecule has 0 fully saturated rings. The summed E-state index contributed by atoms with van der Waals surface area (Å²) in [5.41, 5.74) is 0.868. The van der Waals surface area contributed by atoms with Gasteiger partial charge in [-0.25, -0.2) is 0 Å². The summed E-state index contributed by atoms with van der Waals surface area (Å²) in [6, 6.07) is 9.52. The molecule has 0 saturated carbocycles. The number of hydrogen-bond acceptors (Lipinski definition) is 5. The molecule has 0 saturated heterocycles. The van der Waals surface area contributed by atoms with Crippen molar-refractivity contribution >= 4 is 5.97 Å². The summed E-state index contributed by atoms with van der Waals surface area (Å²) in [5, 5.41) is 12.8. The van der Waals surface area contributed by atoms with Crippen molar-refractivity contribution in [3.8, 4) is 11.5 Å². The maximum Gasteiger partial charge on any atom is 0.307 e. The Hall–Kier alpha value is -2.21. The Balaban J connectivity index is 1.98. The van der Waals surface area contributed by atoms with Crippen LogP contribution in [0.3, 0.4) is 0 Å². The highest BCUT2D eigenvalue weighted by molar-refractivity contribution is 5.69. The van der Waals surface area contributed by atoms with Gasteiger partial charge in [0.15, 0.2) is 5.82 Å². The Bertz CT molecular complexity index is 568. The molecule has 1 aromatic heterocycles. The van der Waals surface area contributed by atoms with Crippen LogP contribution in [-0.4, -0.2) is 39.7 Å². The lowest BCUT2D eigenvalue weighted by atomic mass is 10.2. The van der Waals surface area contributed by atoms with Gasteiger partial charge in [-0.2, -0.15) is 4.98 Å². The number of aliphatic carboxylic acids is 1. The molecule has 1 atom stereocenters. The number of rotatable bonds is 6. The van der Waals surface area contributed by atoms with Gasteiger partial charge in [-0.3, -0.25) is 9.69 Å². The second kappa shape index (κ2) is 6.29. The molecule has 20 heavy (non-hydrogen) atoms. The molecule has 0 bridgehead atoms. The predicted octanol–water partition coefficient (Wildman–Crippen LogP) is 1.89. The molecule has 2 aromatic rings. The lowest BCUT2D eigenvalue weighted by Crippen LogP contribution is -2.28. The van der Waals surface area contributed by atoms with E-state index in [2.05, 4.69) is 10.1 Å². The standard InChI is InChI=1S/C14H17N3O3/c1-10(14(18)19)8-17(2)9-12-15-13(20-16-12)11-6-4-3-5-7-11/h3-7,10H,8-9H2,1-2H3,(H,18,19). The first-order chi connectivity index (χ1) is 9.56. The van der Waals surface area contributed by atoms with Crippen LogP contribution in [0.15, 0.2) is 34.9 Å². The average Bonchev–Trinajstić information content (AvgIpc) is 2.88.